The smallest absolute Gasteiger partial charge is 0.124 e. The van der Waals surface area contributed by atoms with Gasteiger partial charge in [-0.05, 0) is 30.2 Å². The van der Waals surface area contributed by atoms with Crippen LogP contribution in [0.1, 0.15) is 24.5 Å². The van der Waals surface area contributed by atoms with Crippen molar-refractivity contribution < 1.29 is 9.50 Å². The van der Waals surface area contributed by atoms with Gasteiger partial charge in [0.1, 0.15) is 11.7 Å². The lowest BCUT2D eigenvalue weighted by Gasteiger charge is -2.10. The molecule has 0 aliphatic heterocycles. The van der Waals surface area contributed by atoms with E-state index in [9.17, 15) is 4.39 Å². The van der Waals surface area contributed by atoms with Gasteiger partial charge in [-0.25, -0.2) is 4.39 Å². The molecule has 0 bridgehead atoms. The molecule has 1 unspecified atom stereocenters. The summed E-state index contributed by atoms with van der Waals surface area (Å²) >= 11 is 1.65. The minimum atomic E-state index is -0.372. The van der Waals surface area contributed by atoms with Crippen molar-refractivity contribution in [3.8, 4) is 0 Å². The second kappa shape index (κ2) is 6.61. The Morgan fingerprint density at radius 2 is 2.24 bits per heavy atom. The van der Waals surface area contributed by atoms with Crippen molar-refractivity contribution in [1.29, 1.82) is 5.41 Å². The van der Waals surface area contributed by atoms with Gasteiger partial charge in [0.05, 0.1) is 0 Å². The Balaban J connectivity index is 2.68. The Bertz CT molecular complexity index is 398. The summed E-state index contributed by atoms with van der Waals surface area (Å²) in [6.45, 7) is 2.18. The van der Waals surface area contributed by atoms with Crippen molar-refractivity contribution in [2.45, 2.75) is 24.3 Å². The van der Waals surface area contributed by atoms with Crippen molar-refractivity contribution in [3.05, 3.63) is 35.1 Å². The van der Waals surface area contributed by atoms with Crippen LogP contribution in [0.3, 0.4) is 0 Å². The number of hydrogen-bond donors (Lipinski definition) is 3. The number of amidine groups is 1. The minimum absolute atomic E-state index is 0.126. The molecule has 4 N–H and O–H groups in total. The van der Waals surface area contributed by atoms with Gasteiger partial charge in [0.25, 0.3) is 0 Å². The van der Waals surface area contributed by atoms with Crippen LogP contribution in [0.2, 0.25) is 0 Å². The molecule has 1 atom stereocenters. The molecule has 17 heavy (non-hydrogen) atoms. The van der Waals surface area contributed by atoms with Crippen LogP contribution in [0, 0.1) is 11.2 Å². The molecule has 0 saturated heterocycles. The fourth-order valence-electron chi connectivity index (χ4n) is 1.39. The van der Waals surface area contributed by atoms with Gasteiger partial charge in [-0.3, -0.25) is 5.41 Å². The fourth-order valence-corrected chi connectivity index (χ4v) is 2.31. The van der Waals surface area contributed by atoms with Crippen LogP contribution >= 0.6 is 11.8 Å². The zero-order valence-electron chi connectivity index (χ0n) is 9.74. The Kier molecular flexibility index (Phi) is 5.44. The SMILES string of the molecule is CC(CCO)SCc1cc(F)cc(C(=N)N)c1. The molecule has 0 aromatic heterocycles. The van der Waals surface area contributed by atoms with Gasteiger partial charge in [0.15, 0.2) is 0 Å². The summed E-state index contributed by atoms with van der Waals surface area (Å²) in [7, 11) is 0. The zero-order chi connectivity index (χ0) is 12.8. The van der Waals surface area contributed by atoms with Crippen LogP contribution in [-0.4, -0.2) is 22.8 Å². The third kappa shape index (κ3) is 4.75. The molecule has 0 aliphatic carbocycles. The highest BCUT2D eigenvalue weighted by Gasteiger charge is 2.06. The normalized spacial score (nSPS) is 12.4. The number of hydrogen-bond acceptors (Lipinski definition) is 3. The van der Waals surface area contributed by atoms with Gasteiger partial charge >= 0.3 is 0 Å². The standard InChI is InChI=1S/C12H17FN2OS/c1-8(2-3-16)17-7-9-4-10(12(14)15)6-11(13)5-9/h4-6,8,16H,2-3,7H2,1H3,(H3,14,15). The Hall–Kier alpha value is -1.07. The lowest BCUT2D eigenvalue weighted by atomic mass is 10.1. The number of aliphatic hydroxyl groups is 1. The molecule has 0 fully saturated rings. The van der Waals surface area contributed by atoms with Crippen LogP contribution in [0.25, 0.3) is 0 Å². The molecule has 1 aromatic carbocycles. The first-order valence-corrected chi connectivity index (χ1v) is 6.44. The molecular formula is C12H17FN2OS. The number of aliphatic hydroxyl groups excluding tert-OH is 1. The predicted octanol–water partition coefficient (Wildman–Crippen LogP) is 2.11. The third-order valence-electron chi connectivity index (χ3n) is 2.34. The van der Waals surface area contributed by atoms with Crippen LogP contribution in [-0.2, 0) is 5.75 Å². The van der Waals surface area contributed by atoms with Gasteiger partial charge < -0.3 is 10.8 Å². The number of nitrogens with two attached hydrogens (primary N) is 1. The van der Waals surface area contributed by atoms with Crippen LogP contribution < -0.4 is 5.73 Å². The lowest BCUT2D eigenvalue weighted by Crippen LogP contribution is -2.11. The Morgan fingerprint density at radius 3 is 2.82 bits per heavy atom. The summed E-state index contributed by atoms with van der Waals surface area (Å²) in [6, 6.07) is 4.43. The van der Waals surface area contributed by atoms with Crippen LogP contribution in [0.15, 0.2) is 18.2 Å². The first-order valence-electron chi connectivity index (χ1n) is 5.39. The van der Waals surface area contributed by atoms with Crippen LogP contribution in [0.5, 0.6) is 0 Å². The molecule has 1 aromatic rings. The van der Waals surface area contributed by atoms with Crippen molar-refractivity contribution in [2.75, 3.05) is 6.61 Å². The predicted molar refractivity (Wildman–Crippen MR) is 69.9 cm³/mol. The van der Waals surface area contributed by atoms with Gasteiger partial charge in [-0.2, -0.15) is 11.8 Å². The van der Waals surface area contributed by atoms with E-state index < -0.39 is 0 Å². The van der Waals surface area contributed by atoms with Crippen molar-refractivity contribution in [1.82, 2.24) is 0 Å². The third-order valence-corrected chi connectivity index (χ3v) is 3.64. The molecule has 0 amide bonds. The highest BCUT2D eigenvalue weighted by molar-refractivity contribution is 7.99. The highest BCUT2D eigenvalue weighted by Crippen LogP contribution is 2.21. The maximum Gasteiger partial charge on any atom is 0.124 e. The molecule has 3 nitrogen and oxygen atoms in total. The van der Waals surface area contributed by atoms with E-state index >= 15 is 0 Å². The van der Waals surface area contributed by atoms with Crippen molar-refractivity contribution >= 4 is 17.6 Å². The quantitative estimate of drug-likeness (QED) is 0.539. The molecule has 0 heterocycles. The maximum absolute atomic E-state index is 13.3. The van der Waals surface area contributed by atoms with Gasteiger partial charge in [0, 0.05) is 23.2 Å². The highest BCUT2D eigenvalue weighted by atomic mass is 32.2. The molecule has 0 saturated carbocycles. The van der Waals surface area contributed by atoms with Crippen LogP contribution in [0.4, 0.5) is 4.39 Å². The summed E-state index contributed by atoms with van der Waals surface area (Å²) in [6.07, 6.45) is 0.722. The van der Waals surface area contributed by atoms with Crippen molar-refractivity contribution in [2.24, 2.45) is 5.73 Å². The van der Waals surface area contributed by atoms with E-state index in [2.05, 4.69) is 0 Å². The summed E-state index contributed by atoms with van der Waals surface area (Å²) in [5, 5.41) is 16.4. The number of rotatable bonds is 6. The summed E-state index contributed by atoms with van der Waals surface area (Å²) < 4.78 is 13.3. The van der Waals surface area contributed by atoms with E-state index in [1.54, 1.807) is 17.8 Å². The maximum atomic E-state index is 13.3. The number of benzene rings is 1. The van der Waals surface area contributed by atoms with Gasteiger partial charge in [-0.15, -0.1) is 0 Å². The molecule has 94 valence electrons. The molecule has 5 heteroatoms. The summed E-state index contributed by atoms with van der Waals surface area (Å²) in [5.74, 6) is 0.154. The van der Waals surface area contributed by atoms with E-state index in [-0.39, 0.29) is 18.3 Å². The van der Waals surface area contributed by atoms with E-state index in [1.165, 1.54) is 12.1 Å². The molecule has 0 aliphatic rings. The number of thioether (sulfide) groups is 1. The minimum Gasteiger partial charge on any atom is -0.396 e. The lowest BCUT2D eigenvalue weighted by molar-refractivity contribution is 0.289. The Labute approximate surface area is 105 Å². The average Bonchev–Trinajstić information content (AvgIpc) is 2.26. The molecular weight excluding hydrogens is 239 g/mol. The fraction of sp³-hybridized carbons (Fsp3) is 0.417. The Morgan fingerprint density at radius 1 is 1.53 bits per heavy atom. The van der Waals surface area contributed by atoms with Gasteiger partial charge in [0.2, 0.25) is 0 Å². The van der Waals surface area contributed by atoms with E-state index in [0.717, 1.165) is 12.0 Å². The monoisotopic (exact) mass is 256 g/mol. The molecule has 0 radical (unpaired) electrons. The average molecular weight is 256 g/mol. The summed E-state index contributed by atoms with van der Waals surface area (Å²) in [4.78, 5) is 0. The number of nitrogen functional groups attached to an aromatic ring is 1. The first-order chi connectivity index (χ1) is 8.02. The number of nitrogens with one attached hydrogen (secondary N) is 1. The molecule has 1 rings (SSSR count). The zero-order valence-corrected chi connectivity index (χ0v) is 10.6. The van der Waals surface area contributed by atoms with E-state index in [1.807, 2.05) is 6.92 Å². The molecule has 0 spiro atoms. The second-order valence-corrected chi connectivity index (χ2v) is 5.32. The summed E-state index contributed by atoms with van der Waals surface area (Å²) in [5.41, 5.74) is 6.55. The second-order valence-electron chi connectivity index (χ2n) is 3.90. The largest absolute Gasteiger partial charge is 0.396 e. The topological polar surface area (TPSA) is 70.1 Å². The van der Waals surface area contributed by atoms with Gasteiger partial charge in [-0.1, -0.05) is 6.92 Å². The van der Waals surface area contributed by atoms with Crippen molar-refractivity contribution in [3.63, 3.8) is 0 Å². The number of halogens is 1. The van der Waals surface area contributed by atoms with E-state index in [0.29, 0.717) is 16.6 Å². The first kappa shape index (κ1) is 14.0. The van der Waals surface area contributed by atoms with E-state index in [4.69, 9.17) is 16.2 Å².